The van der Waals surface area contributed by atoms with Crippen molar-refractivity contribution < 1.29 is 18.3 Å². The predicted molar refractivity (Wildman–Crippen MR) is 86.2 cm³/mol. The van der Waals surface area contributed by atoms with E-state index in [1.807, 2.05) is 6.07 Å². The lowest BCUT2D eigenvalue weighted by molar-refractivity contribution is 0.125. The molecule has 0 heterocycles. The van der Waals surface area contributed by atoms with Gasteiger partial charge >= 0.3 is 0 Å². The van der Waals surface area contributed by atoms with Gasteiger partial charge in [0, 0.05) is 5.02 Å². The molecule has 2 rings (SSSR count). The first-order valence-corrected chi connectivity index (χ1v) is 8.73. The Morgan fingerprint density at radius 2 is 1.74 bits per heavy atom. The van der Waals surface area contributed by atoms with Crippen LogP contribution in [0.2, 0.25) is 5.02 Å². The first-order valence-electron chi connectivity index (χ1n) is 6.70. The molecule has 0 bridgehead atoms. The van der Waals surface area contributed by atoms with E-state index in [1.165, 1.54) is 24.3 Å². The molecule has 23 heavy (non-hydrogen) atoms. The second-order valence-corrected chi connectivity index (χ2v) is 7.31. The molecule has 0 saturated carbocycles. The van der Waals surface area contributed by atoms with E-state index in [0.717, 1.165) is 0 Å². The molecule has 0 spiro atoms. The van der Waals surface area contributed by atoms with Crippen molar-refractivity contribution >= 4 is 21.4 Å². The minimum absolute atomic E-state index is 0.0966. The fourth-order valence-corrected chi connectivity index (χ4v) is 3.33. The monoisotopic (exact) mass is 351 g/mol. The summed E-state index contributed by atoms with van der Waals surface area (Å²) in [6, 6.07) is 14.0. The molecule has 0 radical (unpaired) electrons. The lowest BCUT2D eigenvalue weighted by Gasteiger charge is -2.13. The number of aliphatic hydroxyl groups excluding tert-OH is 1. The zero-order valence-corrected chi connectivity index (χ0v) is 13.6. The molecule has 0 aromatic heterocycles. The number of ether oxygens (including phenoxy) is 1. The zero-order valence-electron chi connectivity index (χ0n) is 12.0. The van der Waals surface area contributed by atoms with Gasteiger partial charge in [-0.2, -0.15) is 5.26 Å². The van der Waals surface area contributed by atoms with Crippen LogP contribution in [0.4, 0.5) is 0 Å². The van der Waals surface area contributed by atoms with Gasteiger partial charge in [-0.15, -0.1) is 0 Å². The molecule has 2 aromatic rings. The third kappa shape index (κ3) is 4.96. The molecule has 120 valence electrons. The molecular formula is C16H14ClNO4S. The molecule has 0 unspecified atom stereocenters. The van der Waals surface area contributed by atoms with E-state index in [9.17, 15) is 13.5 Å². The largest absolute Gasteiger partial charge is 0.491 e. The highest BCUT2D eigenvalue weighted by Crippen LogP contribution is 2.17. The molecule has 7 heteroatoms. The van der Waals surface area contributed by atoms with Crippen LogP contribution in [0.5, 0.6) is 5.75 Å². The van der Waals surface area contributed by atoms with Gasteiger partial charge in [0.2, 0.25) is 0 Å². The maximum Gasteiger partial charge on any atom is 0.181 e. The fraction of sp³-hybridized carbons (Fsp3) is 0.188. The Hall–Kier alpha value is -2.07. The predicted octanol–water partition coefficient (Wildman–Crippen LogP) is 2.43. The summed E-state index contributed by atoms with van der Waals surface area (Å²) in [6.45, 7) is -0.168. The summed E-state index contributed by atoms with van der Waals surface area (Å²) in [6.07, 6.45) is -1.17. The number of nitrogens with zero attached hydrogens (tertiary/aromatic N) is 1. The average Bonchev–Trinajstić information content (AvgIpc) is 2.53. The third-order valence-corrected chi connectivity index (χ3v) is 5.08. The van der Waals surface area contributed by atoms with Crippen molar-refractivity contribution in [2.24, 2.45) is 0 Å². The molecular weight excluding hydrogens is 338 g/mol. The first kappa shape index (κ1) is 17.3. The normalized spacial score (nSPS) is 12.4. The van der Waals surface area contributed by atoms with Crippen LogP contribution in [0.25, 0.3) is 0 Å². The Balaban J connectivity index is 1.94. The van der Waals surface area contributed by atoms with Crippen LogP contribution in [-0.2, 0) is 9.84 Å². The first-order chi connectivity index (χ1) is 10.9. The minimum atomic E-state index is -3.62. The maximum absolute atomic E-state index is 12.2. The van der Waals surface area contributed by atoms with E-state index in [2.05, 4.69) is 0 Å². The summed E-state index contributed by atoms with van der Waals surface area (Å²) >= 11 is 5.72. The molecule has 0 fully saturated rings. The van der Waals surface area contributed by atoms with Gasteiger partial charge in [-0.25, -0.2) is 8.42 Å². The summed E-state index contributed by atoms with van der Waals surface area (Å²) in [5.41, 5.74) is 0.489. The van der Waals surface area contributed by atoms with Crippen molar-refractivity contribution in [2.75, 3.05) is 12.4 Å². The van der Waals surface area contributed by atoms with Crippen LogP contribution in [0.15, 0.2) is 53.4 Å². The Morgan fingerprint density at radius 1 is 1.13 bits per heavy atom. The van der Waals surface area contributed by atoms with Crippen LogP contribution >= 0.6 is 11.6 Å². The van der Waals surface area contributed by atoms with Crippen LogP contribution < -0.4 is 4.74 Å². The highest BCUT2D eigenvalue weighted by molar-refractivity contribution is 7.91. The number of halogens is 1. The van der Waals surface area contributed by atoms with Gasteiger partial charge in [0.15, 0.2) is 9.84 Å². The minimum Gasteiger partial charge on any atom is -0.491 e. The van der Waals surface area contributed by atoms with E-state index in [4.69, 9.17) is 21.6 Å². The van der Waals surface area contributed by atoms with Crippen LogP contribution in [0.1, 0.15) is 5.56 Å². The van der Waals surface area contributed by atoms with Gasteiger partial charge in [-0.05, 0) is 48.5 Å². The Bertz CT molecular complexity index is 795. The molecule has 2 aromatic carbocycles. The van der Waals surface area contributed by atoms with Gasteiger partial charge in [0.05, 0.1) is 22.3 Å². The quantitative estimate of drug-likeness (QED) is 0.863. The number of hydrogen-bond acceptors (Lipinski definition) is 5. The summed E-state index contributed by atoms with van der Waals surface area (Å²) in [5, 5.41) is 19.0. The Labute approximate surface area is 139 Å². The smallest absolute Gasteiger partial charge is 0.181 e. The summed E-state index contributed by atoms with van der Waals surface area (Å²) in [4.78, 5) is 0.0966. The van der Waals surface area contributed by atoms with Crippen molar-refractivity contribution in [3.63, 3.8) is 0 Å². The summed E-state index contributed by atoms with van der Waals surface area (Å²) in [5.74, 6) is -0.00259. The standard InChI is InChI=1S/C16H14ClNO4S/c17-13-3-7-16(8-4-13)23(20,21)11-14(19)10-22-15-5-1-12(9-18)2-6-15/h1-8,14,19H,10-11H2/t14-/m1/s1. The van der Waals surface area contributed by atoms with Crippen molar-refractivity contribution in [3.8, 4) is 11.8 Å². The second kappa shape index (κ2) is 7.47. The third-order valence-electron chi connectivity index (χ3n) is 3.01. The number of hydrogen-bond donors (Lipinski definition) is 1. The average molecular weight is 352 g/mol. The van der Waals surface area contributed by atoms with Gasteiger partial charge in [-0.1, -0.05) is 11.6 Å². The fourth-order valence-electron chi connectivity index (χ4n) is 1.86. The number of sulfone groups is 1. The van der Waals surface area contributed by atoms with Crippen LogP contribution in [-0.4, -0.2) is 32.0 Å². The molecule has 0 aliphatic heterocycles. The van der Waals surface area contributed by atoms with E-state index in [-0.39, 0.29) is 11.5 Å². The van der Waals surface area contributed by atoms with Gasteiger partial charge in [0.25, 0.3) is 0 Å². The summed E-state index contributed by atoms with van der Waals surface area (Å²) < 4.78 is 29.6. The van der Waals surface area contributed by atoms with E-state index < -0.39 is 21.7 Å². The molecule has 5 nitrogen and oxygen atoms in total. The maximum atomic E-state index is 12.2. The zero-order chi connectivity index (χ0) is 16.9. The Kier molecular flexibility index (Phi) is 5.61. The topological polar surface area (TPSA) is 87.4 Å². The van der Waals surface area contributed by atoms with Gasteiger partial charge in [-0.3, -0.25) is 0 Å². The highest BCUT2D eigenvalue weighted by Gasteiger charge is 2.20. The molecule has 1 N–H and O–H groups in total. The molecule has 1 atom stereocenters. The van der Waals surface area contributed by atoms with Gasteiger partial charge < -0.3 is 9.84 Å². The van der Waals surface area contributed by atoms with Crippen molar-refractivity contribution in [2.45, 2.75) is 11.0 Å². The van der Waals surface area contributed by atoms with Crippen molar-refractivity contribution in [3.05, 3.63) is 59.1 Å². The Morgan fingerprint density at radius 3 is 2.30 bits per heavy atom. The lowest BCUT2D eigenvalue weighted by atomic mass is 10.2. The van der Waals surface area contributed by atoms with Crippen LogP contribution in [0, 0.1) is 11.3 Å². The van der Waals surface area contributed by atoms with Crippen molar-refractivity contribution in [1.29, 1.82) is 5.26 Å². The van der Waals surface area contributed by atoms with E-state index >= 15 is 0 Å². The van der Waals surface area contributed by atoms with E-state index in [1.54, 1.807) is 24.3 Å². The SMILES string of the molecule is N#Cc1ccc(OC[C@@H](O)CS(=O)(=O)c2ccc(Cl)cc2)cc1. The molecule has 0 aliphatic carbocycles. The summed E-state index contributed by atoms with van der Waals surface area (Å²) in [7, 11) is -3.62. The highest BCUT2D eigenvalue weighted by atomic mass is 35.5. The lowest BCUT2D eigenvalue weighted by Crippen LogP contribution is -2.27. The number of benzene rings is 2. The van der Waals surface area contributed by atoms with E-state index in [0.29, 0.717) is 16.3 Å². The molecule has 0 saturated heterocycles. The number of rotatable bonds is 6. The van der Waals surface area contributed by atoms with Crippen LogP contribution in [0.3, 0.4) is 0 Å². The molecule has 0 aliphatic rings. The van der Waals surface area contributed by atoms with Gasteiger partial charge in [0.1, 0.15) is 18.5 Å². The second-order valence-electron chi connectivity index (χ2n) is 4.84. The number of aliphatic hydroxyl groups is 1. The molecule has 0 amide bonds. The number of nitriles is 1. The van der Waals surface area contributed by atoms with Crippen molar-refractivity contribution in [1.82, 2.24) is 0 Å².